The van der Waals surface area contributed by atoms with Gasteiger partial charge in [-0.15, -0.1) is 0 Å². The van der Waals surface area contributed by atoms with Crippen LogP contribution in [-0.4, -0.2) is 31.7 Å². The Morgan fingerprint density at radius 1 is 1.20 bits per heavy atom. The van der Waals surface area contributed by atoms with Crippen LogP contribution in [-0.2, 0) is 30.7 Å². The molecule has 0 radical (unpaired) electrons. The fourth-order valence-electron chi connectivity index (χ4n) is 3.11. The van der Waals surface area contributed by atoms with Crippen LogP contribution in [0.3, 0.4) is 0 Å². The topological polar surface area (TPSA) is 89.2 Å². The third-order valence-corrected chi connectivity index (χ3v) is 4.52. The van der Waals surface area contributed by atoms with E-state index in [1.165, 1.54) is 23.0 Å². The molecule has 0 saturated carbocycles. The van der Waals surface area contributed by atoms with E-state index >= 15 is 0 Å². The quantitative estimate of drug-likeness (QED) is 0.801. The van der Waals surface area contributed by atoms with Gasteiger partial charge in [0.1, 0.15) is 5.82 Å². The summed E-state index contributed by atoms with van der Waals surface area (Å²) in [6.45, 7) is 1.78. The number of aryl methyl sites for hydroxylation is 4. The first-order valence-corrected chi connectivity index (χ1v) is 8.83. The monoisotopic (exact) mass is 344 g/mol. The number of fused-ring (bicyclic) bond motifs is 1. The lowest BCUT2D eigenvalue weighted by Crippen LogP contribution is -2.25. The van der Waals surface area contributed by atoms with Crippen LogP contribution in [0.1, 0.15) is 36.9 Å². The van der Waals surface area contributed by atoms with E-state index in [0.29, 0.717) is 6.54 Å². The van der Waals surface area contributed by atoms with Gasteiger partial charge in [0.2, 0.25) is 0 Å². The zero-order chi connectivity index (χ0) is 17.6. The third-order valence-electron chi connectivity index (χ3n) is 4.52. The number of rotatable bonds is 7. The molecule has 0 atom stereocenters. The molecule has 0 aromatic carbocycles. The molecule has 2 aromatic rings. The molecule has 0 amide bonds. The van der Waals surface area contributed by atoms with E-state index < -0.39 is 5.97 Å². The number of anilines is 1. The van der Waals surface area contributed by atoms with Crippen LogP contribution in [0, 0.1) is 0 Å². The molecule has 0 unspecified atom stereocenters. The van der Waals surface area contributed by atoms with Crippen LogP contribution in [0.25, 0.3) is 0 Å². The van der Waals surface area contributed by atoms with Crippen molar-refractivity contribution < 1.29 is 9.90 Å². The predicted molar refractivity (Wildman–Crippen MR) is 94.9 cm³/mol. The van der Waals surface area contributed by atoms with Crippen LogP contribution >= 0.6 is 0 Å². The first-order chi connectivity index (χ1) is 12.1. The molecular formula is C18H24N4O3. The molecule has 2 N–H and O–H groups in total. The van der Waals surface area contributed by atoms with Crippen molar-refractivity contribution in [3.8, 4) is 0 Å². The van der Waals surface area contributed by atoms with Gasteiger partial charge >= 0.3 is 11.7 Å². The fraction of sp³-hybridized carbons (Fsp3) is 0.500. The number of carboxylic acid groups (broad SMARTS) is 1. The SMILES string of the molecule is O=C(O)CCn1ccn(CCCc2ccc3c(n2)NCCCC3)c1=O. The lowest BCUT2D eigenvalue weighted by Gasteiger charge is -2.09. The lowest BCUT2D eigenvalue weighted by molar-refractivity contribution is -0.137. The highest BCUT2D eigenvalue weighted by molar-refractivity contribution is 5.66. The van der Waals surface area contributed by atoms with Gasteiger partial charge in [0, 0.05) is 37.7 Å². The summed E-state index contributed by atoms with van der Waals surface area (Å²) in [7, 11) is 0. The first kappa shape index (κ1) is 17.3. The number of aromatic nitrogens is 3. The lowest BCUT2D eigenvalue weighted by atomic mass is 10.1. The van der Waals surface area contributed by atoms with Crippen molar-refractivity contribution in [1.82, 2.24) is 14.1 Å². The molecule has 3 rings (SSSR count). The van der Waals surface area contributed by atoms with Crippen molar-refractivity contribution in [3.63, 3.8) is 0 Å². The maximum atomic E-state index is 12.2. The minimum Gasteiger partial charge on any atom is -0.481 e. The van der Waals surface area contributed by atoms with E-state index in [1.54, 1.807) is 17.0 Å². The molecule has 1 aliphatic heterocycles. The number of pyridine rings is 1. The summed E-state index contributed by atoms with van der Waals surface area (Å²) >= 11 is 0. The summed E-state index contributed by atoms with van der Waals surface area (Å²) in [6.07, 6.45) is 8.39. The van der Waals surface area contributed by atoms with E-state index in [9.17, 15) is 9.59 Å². The molecule has 7 nitrogen and oxygen atoms in total. The Balaban J connectivity index is 1.55. The highest BCUT2D eigenvalue weighted by Gasteiger charge is 2.10. The summed E-state index contributed by atoms with van der Waals surface area (Å²) in [5.41, 5.74) is 2.16. The van der Waals surface area contributed by atoms with Gasteiger partial charge in [0.25, 0.3) is 0 Å². The number of nitrogens with zero attached hydrogens (tertiary/aromatic N) is 3. The summed E-state index contributed by atoms with van der Waals surface area (Å²) in [4.78, 5) is 27.5. The molecule has 134 valence electrons. The molecule has 1 aliphatic rings. The average molecular weight is 344 g/mol. The maximum Gasteiger partial charge on any atom is 0.328 e. The fourth-order valence-corrected chi connectivity index (χ4v) is 3.11. The molecule has 2 aromatic heterocycles. The standard InChI is InChI=1S/C18H24N4O3/c23-16(24)8-11-22-13-12-21(18(22)25)10-3-5-15-7-6-14-4-1-2-9-19-17(14)20-15/h6-7,12-13H,1-5,8-11H2,(H,19,20)(H,23,24). The Bertz CT molecular complexity index is 794. The average Bonchev–Trinajstić information content (AvgIpc) is 2.80. The van der Waals surface area contributed by atoms with Crippen LogP contribution in [0.4, 0.5) is 5.82 Å². The molecular weight excluding hydrogens is 320 g/mol. The zero-order valence-corrected chi connectivity index (χ0v) is 14.3. The molecule has 25 heavy (non-hydrogen) atoms. The minimum absolute atomic E-state index is 0.0457. The van der Waals surface area contributed by atoms with Gasteiger partial charge in [-0.2, -0.15) is 0 Å². The van der Waals surface area contributed by atoms with E-state index in [1.807, 2.05) is 0 Å². The van der Waals surface area contributed by atoms with Crippen molar-refractivity contribution in [1.29, 1.82) is 0 Å². The number of imidazole rings is 1. The second-order valence-corrected chi connectivity index (χ2v) is 6.41. The molecule has 0 saturated heterocycles. The smallest absolute Gasteiger partial charge is 0.328 e. The molecule has 3 heterocycles. The van der Waals surface area contributed by atoms with Crippen LogP contribution in [0.5, 0.6) is 0 Å². The minimum atomic E-state index is -0.900. The summed E-state index contributed by atoms with van der Waals surface area (Å²) < 4.78 is 3.07. The van der Waals surface area contributed by atoms with Crippen LogP contribution in [0.2, 0.25) is 0 Å². The normalized spacial score (nSPS) is 13.8. The van der Waals surface area contributed by atoms with Crippen molar-refractivity contribution in [3.05, 3.63) is 46.3 Å². The van der Waals surface area contributed by atoms with Crippen molar-refractivity contribution >= 4 is 11.8 Å². The Hall–Kier alpha value is -2.57. The van der Waals surface area contributed by atoms with Gasteiger partial charge in [0.05, 0.1) is 6.42 Å². The van der Waals surface area contributed by atoms with Gasteiger partial charge in [-0.3, -0.25) is 13.9 Å². The van der Waals surface area contributed by atoms with Crippen molar-refractivity contribution in [2.24, 2.45) is 0 Å². The Kier molecular flexibility index (Phi) is 5.53. The highest BCUT2D eigenvalue weighted by atomic mass is 16.4. The molecule has 0 aliphatic carbocycles. The van der Waals surface area contributed by atoms with Gasteiger partial charge in [-0.1, -0.05) is 6.07 Å². The Morgan fingerprint density at radius 2 is 2.00 bits per heavy atom. The van der Waals surface area contributed by atoms with E-state index in [0.717, 1.165) is 37.3 Å². The Morgan fingerprint density at radius 3 is 2.80 bits per heavy atom. The third kappa shape index (κ3) is 4.49. The predicted octanol–water partition coefficient (Wildman–Crippen LogP) is 1.90. The maximum absolute atomic E-state index is 12.2. The van der Waals surface area contributed by atoms with Gasteiger partial charge in [-0.25, -0.2) is 9.78 Å². The van der Waals surface area contributed by atoms with Gasteiger partial charge in [-0.05, 0) is 43.7 Å². The number of hydrogen-bond donors (Lipinski definition) is 2. The summed E-state index contributed by atoms with van der Waals surface area (Å²) in [5.74, 6) is 0.106. The first-order valence-electron chi connectivity index (χ1n) is 8.83. The zero-order valence-electron chi connectivity index (χ0n) is 14.3. The number of carboxylic acids is 1. The second kappa shape index (κ2) is 8.00. The number of aliphatic carboxylic acids is 1. The molecule has 7 heteroatoms. The molecule has 0 bridgehead atoms. The van der Waals surface area contributed by atoms with Crippen molar-refractivity contribution in [2.75, 3.05) is 11.9 Å². The Labute approximate surface area is 146 Å². The number of carbonyl (C=O) groups is 1. The number of hydrogen-bond acceptors (Lipinski definition) is 4. The highest BCUT2D eigenvalue weighted by Crippen LogP contribution is 2.20. The van der Waals surface area contributed by atoms with Crippen LogP contribution in [0.15, 0.2) is 29.3 Å². The van der Waals surface area contributed by atoms with Gasteiger partial charge in [0.15, 0.2) is 0 Å². The number of nitrogens with one attached hydrogen (secondary N) is 1. The van der Waals surface area contributed by atoms with E-state index in [2.05, 4.69) is 17.4 Å². The van der Waals surface area contributed by atoms with Gasteiger partial charge < -0.3 is 10.4 Å². The van der Waals surface area contributed by atoms with E-state index in [-0.39, 0.29) is 18.7 Å². The van der Waals surface area contributed by atoms with Crippen LogP contribution < -0.4 is 11.0 Å². The molecule has 0 spiro atoms. The largest absolute Gasteiger partial charge is 0.481 e. The summed E-state index contributed by atoms with van der Waals surface area (Å²) in [5, 5.41) is 12.1. The van der Waals surface area contributed by atoms with Crippen molar-refractivity contribution in [2.45, 2.75) is 51.6 Å². The van der Waals surface area contributed by atoms with E-state index in [4.69, 9.17) is 10.1 Å². The summed E-state index contributed by atoms with van der Waals surface area (Å²) in [6, 6.07) is 4.23. The molecule has 0 fully saturated rings. The second-order valence-electron chi connectivity index (χ2n) is 6.41.